The number of nitrogens with zero attached hydrogens (tertiary/aromatic N) is 2. The molecule has 0 aromatic carbocycles. The SMILES string of the molecule is Cc1cnc(O)c(C)c1[N+](=O)[O-]. The van der Waals surface area contributed by atoms with Crippen LogP contribution in [-0.4, -0.2) is 15.0 Å². The van der Waals surface area contributed by atoms with Crippen molar-refractivity contribution in [2.24, 2.45) is 0 Å². The smallest absolute Gasteiger partial charge is 0.282 e. The van der Waals surface area contributed by atoms with Crippen molar-refractivity contribution in [3.63, 3.8) is 0 Å². The van der Waals surface area contributed by atoms with Crippen LogP contribution in [0.1, 0.15) is 11.1 Å². The van der Waals surface area contributed by atoms with Crippen LogP contribution in [0.3, 0.4) is 0 Å². The molecule has 1 aromatic rings. The Bertz CT molecular complexity index is 336. The molecule has 0 atom stereocenters. The van der Waals surface area contributed by atoms with Gasteiger partial charge in [-0.25, -0.2) is 4.98 Å². The molecule has 0 saturated carbocycles. The lowest BCUT2D eigenvalue weighted by atomic mass is 10.2. The molecular formula is C7H8N2O3. The van der Waals surface area contributed by atoms with Gasteiger partial charge in [-0.1, -0.05) is 0 Å². The Morgan fingerprint density at radius 3 is 2.58 bits per heavy atom. The monoisotopic (exact) mass is 168 g/mol. The van der Waals surface area contributed by atoms with Crippen molar-refractivity contribution in [2.45, 2.75) is 13.8 Å². The molecule has 0 fully saturated rings. The standard InChI is InChI=1S/C7H8N2O3/c1-4-3-8-7(10)5(2)6(4)9(11)12/h3H,1-2H3,(H,8,10). The Hall–Kier alpha value is -1.65. The number of hydrogen-bond donors (Lipinski definition) is 1. The van der Waals surface area contributed by atoms with Crippen LogP contribution in [0, 0.1) is 24.0 Å². The molecule has 64 valence electrons. The number of pyridine rings is 1. The molecule has 1 N–H and O–H groups in total. The molecule has 1 heterocycles. The Morgan fingerprint density at radius 1 is 1.58 bits per heavy atom. The number of rotatable bonds is 1. The second-order valence-electron chi connectivity index (χ2n) is 2.50. The average Bonchev–Trinajstić information content (AvgIpc) is 1.97. The largest absolute Gasteiger partial charge is 0.493 e. The van der Waals surface area contributed by atoms with Gasteiger partial charge in [-0.3, -0.25) is 10.1 Å². The Kier molecular flexibility index (Phi) is 1.95. The Labute approximate surface area is 68.8 Å². The van der Waals surface area contributed by atoms with Crippen LogP contribution in [0.4, 0.5) is 5.69 Å². The zero-order valence-electron chi connectivity index (χ0n) is 6.74. The first kappa shape index (κ1) is 8.45. The van der Waals surface area contributed by atoms with Crippen LogP contribution in [0.2, 0.25) is 0 Å². The molecule has 1 rings (SSSR count). The number of aromatic nitrogens is 1. The third-order valence-corrected chi connectivity index (χ3v) is 1.63. The second-order valence-corrected chi connectivity index (χ2v) is 2.50. The van der Waals surface area contributed by atoms with Crippen LogP contribution in [-0.2, 0) is 0 Å². The summed E-state index contributed by atoms with van der Waals surface area (Å²) in [5.74, 6) is -0.285. The van der Waals surface area contributed by atoms with Gasteiger partial charge in [0.15, 0.2) is 0 Å². The van der Waals surface area contributed by atoms with E-state index in [0.717, 1.165) is 0 Å². The molecule has 0 bridgehead atoms. The van der Waals surface area contributed by atoms with Crippen molar-refractivity contribution in [2.75, 3.05) is 0 Å². The average molecular weight is 168 g/mol. The van der Waals surface area contributed by atoms with E-state index in [9.17, 15) is 10.1 Å². The maximum atomic E-state index is 10.5. The van der Waals surface area contributed by atoms with Gasteiger partial charge in [0.05, 0.1) is 10.5 Å². The summed E-state index contributed by atoms with van der Waals surface area (Å²) in [6, 6.07) is 0. The Morgan fingerprint density at radius 2 is 2.17 bits per heavy atom. The lowest BCUT2D eigenvalue weighted by molar-refractivity contribution is -0.386. The molecule has 0 radical (unpaired) electrons. The molecule has 5 nitrogen and oxygen atoms in total. The minimum Gasteiger partial charge on any atom is -0.493 e. The van der Waals surface area contributed by atoms with Crippen molar-refractivity contribution in [1.82, 2.24) is 4.98 Å². The highest BCUT2D eigenvalue weighted by Gasteiger charge is 2.17. The van der Waals surface area contributed by atoms with E-state index in [2.05, 4.69) is 4.98 Å². The van der Waals surface area contributed by atoms with Gasteiger partial charge in [0.2, 0.25) is 5.88 Å². The van der Waals surface area contributed by atoms with Gasteiger partial charge in [0.25, 0.3) is 5.69 Å². The molecule has 0 unspecified atom stereocenters. The van der Waals surface area contributed by atoms with E-state index >= 15 is 0 Å². The summed E-state index contributed by atoms with van der Waals surface area (Å²) in [7, 11) is 0. The summed E-state index contributed by atoms with van der Waals surface area (Å²) in [5.41, 5.74) is 0.595. The predicted octanol–water partition coefficient (Wildman–Crippen LogP) is 1.31. The lowest BCUT2D eigenvalue weighted by Gasteiger charge is -2.00. The number of hydrogen-bond acceptors (Lipinski definition) is 4. The molecule has 0 aliphatic rings. The van der Waals surface area contributed by atoms with Crippen molar-refractivity contribution in [3.05, 3.63) is 27.4 Å². The zero-order valence-corrected chi connectivity index (χ0v) is 6.74. The first-order valence-electron chi connectivity index (χ1n) is 3.33. The van der Waals surface area contributed by atoms with Crippen molar-refractivity contribution in [3.8, 4) is 5.88 Å². The van der Waals surface area contributed by atoms with Gasteiger partial charge in [0, 0.05) is 11.8 Å². The molecule has 0 aliphatic heterocycles. The number of nitro groups is 1. The van der Waals surface area contributed by atoms with Crippen LogP contribution >= 0.6 is 0 Å². The highest BCUT2D eigenvalue weighted by atomic mass is 16.6. The van der Waals surface area contributed by atoms with Crippen LogP contribution in [0.5, 0.6) is 5.88 Å². The van der Waals surface area contributed by atoms with Gasteiger partial charge in [0.1, 0.15) is 0 Å². The maximum absolute atomic E-state index is 10.5. The molecule has 5 heteroatoms. The van der Waals surface area contributed by atoms with E-state index in [1.807, 2.05) is 0 Å². The fourth-order valence-corrected chi connectivity index (χ4v) is 0.999. The Balaban J connectivity index is 3.43. The third kappa shape index (κ3) is 1.20. The summed E-state index contributed by atoms with van der Waals surface area (Å²) in [6.45, 7) is 3.05. The van der Waals surface area contributed by atoms with Gasteiger partial charge >= 0.3 is 0 Å². The maximum Gasteiger partial charge on any atom is 0.282 e. The highest BCUT2D eigenvalue weighted by Crippen LogP contribution is 2.26. The van der Waals surface area contributed by atoms with E-state index in [4.69, 9.17) is 5.11 Å². The minimum absolute atomic E-state index is 0.0671. The molecule has 0 aliphatic carbocycles. The summed E-state index contributed by atoms with van der Waals surface area (Å²) >= 11 is 0. The third-order valence-electron chi connectivity index (χ3n) is 1.63. The summed E-state index contributed by atoms with van der Waals surface area (Å²) in [4.78, 5) is 13.5. The quantitative estimate of drug-likeness (QED) is 0.506. The predicted molar refractivity (Wildman–Crippen MR) is 42.0 cm³/mol. The first-order chi connectivity index (χ1) is 5.54. The molecule has 0 spiro atoms. The highest BCUT2D eigenvalue weighted by molar-refractivity contribution is 5.49. The fourth-order valence-electron chi connectivity index (χ4n) is 0.999. The van der Waals surface area contributed by atoms with Gasteiger partial charge in [-0.15, -0.1) is 0 Å². The number of aromatic hydroxyl groups is 1. The van der Waals surface area contributed by atoms with Crippen molar-refractivity contribution in [1.29, 1.82) is 0 Å². The van der Waals surface area contributed by atoms with Crippen LogP contribution in [0.15, 0.2) is 6.20 Å². The normalized spacial score (nSPS) is 9.83. The summed E-state index contributed by atoms with van der Waals surface area (Å²) < 4.78 is 0. The molecule has 1 aromatic heterocycles. The van der Waals surface area contributed by atoms with Gasteiger partial charge in [-0.05, 0) is 13.8 Å². The summed E-state index contributed by atoms with van der Waals surface area (Å²) in [6.07, 6.45) is 1.28. The fraction of sp³-hybridized carbons (Fsp3) is 0.286. The van der Waals surface area contributed by atoms with Gasteiger partial charge in [-0.2, -0.15) is 0 Å². The summed E-state index contributed by atoms with van der Waals surface area (Å²) in [5, 5.41) is 19.5. The van der Waals surface area contributed by atoms with Crippen molar-refractivity contribution >= 4 is 5.69 Å². The first-order valence-corrected chi connectivity index (χ1v) is 3.33. The zero-order chi connectivity index (χ0) is 9.30. The molecule has 0 saturated heterocycles. The van der Waals surface area contributed by atoms with Gasteiger partial charge < -0.3 is 5.11 Å². The lowest BCUT2D eigenvalue weighted by Crippen LogP contribution is -1.96. The van der Waals surface area contributed by atoms with Crippen LogP contribution in [0.25, 0.3) is 0 Å². The van der Waals surface area contributed by atoms with E-state index in [0.29, 0.717) is 5.56 Å². The van der Waals surface area contributed by atoms with E-state index < -0.39 is 4.92 Å². The van der Waals surface area contributed by atoms with Crippen LogP contribution < -0.4 is 0 Å². The minimum atomic E-state index is -0.522. The van der Waals surface area contributed by atoms with E-state index in [-0.39, 0.29) is 17.1 Å². The van der Waals surface area contributed by atoms with E-state index in [1.54, 1.807) is 6.92 Å². The van der Waals surface area contributed by atoms with E-state index in [1.165, 1.54) is 13.1 Å². The number of aryl methyl sites for hydroxylation is 1. The molecular weight excluding hydrogens is 160 g/mol. The second kappa shape index (κ2) is 2.77. The van der Waals surface area contributed by atoms with Crippen molar-refractivity contribution < 1.29 is 10.0 Å². The topological polar surface area (TPSA) is 76.3 Å². The molecule has 12 heavy (non-hydrogen) atoms. The molecule has 0 amide bonds.